The van der Waals surface area contributed by atoms with Crippen molar-refractivity contribution in [2.24, 2.45) is 10.6 Å². The molecule has 2 aromatic rings. The number of ether oxygens (including phenoxy) is 1. The molecule has 1 atom stereocenters. The Bertz CT molecular complexity index is 1060. The molecule has 36 heavy (non-hydrogen) atoms. The van der Waals surface area contributed by atoms with Gasteiger partial charge in [-0.25, -0.2) is 0 Å². The molecule has 8 heteroatoms. The minimum Gasteiger partial charge on any atom is -0.424 e. The number of amides is 2. The molecule has 2 aliphatic heterocycles. The van der Waals surface area contributed by atoms with Crippen molar-refractivity contribution in [3.63, 3.8) is 0 Å². The van der Waals surface area contributed by atoms with Gasteiger partial charge in [-0.1, -0.05) is 18.2 Å². The van der Waals surface area contributed by atoms with Gasteiger partial charge in [-0.05, 0) is 91.8 Å². The predicted octanol–water partition coefficient (Wildman–Crippen LogP) is 3.81. The minimum absolute atomic E-state index is 0.115. The van der Waals surface area contributed by atoms with Crippen molar-refractivity contribution in [3.05, 3.63) is 66.0 Å². The van der Waals surface area contributed by atoms with Gasteiger partial charge in [0.25, 0.3) is 5.90 Å². The molecule has 1 N–H and O–H groups in total. The standard InChI is InChI=1S/C28H34N4O4/c33-24(8-4-5-21-11-17-29-18-12-21)32-19-15-28(16-20-32)13-9-23(10-14-28)30-25(34)27-35-26(31-36-27)22-6-2-1-3-7-22/h1-3,6-7,11-12,17-18,23,27H,4-5,8-10,13-16,19-20H2,(H,30,34)/t27-/m0/s1. The number of nitrogens with zero attached hydrogens (tertiary/aromatic N) is 3. The van der Waals surface area contributed by atoms with Gasteiger partial charge in [0.1, 0.15) is 0 Å². The zero-order valence-corrected chi connectivity index (χ0v) is 20.6. The van der Waals surface area contributed by atoms with Crippen LogP contribution in [0, 0.1) is 5.41 Å². The summed E-state index contributed by atoms with van der Waals surface area (Å²) in [5, 5.41) is 7.01. The highest BCUT2D eigenvalue weighted by Crippen LogP contribution is 2.44. The van der Waals surface area contributed by atoms with Gasteiger partial charge in [-0.2, -0.15) is 0 Å². The summed E-state index contributed by atoms with van der Waals surface area (Å²) < 4.78 is 5.62. The number of carbonyl (C=O) groups is 2. The van der Waals surface area contributed by atoms with Gasteiger partial charge in [0, 0.05) is 43.5 Å². The zero-order valence-electron chi connectivity index (χ0n) is 20.6. The predicted molar refractivity (Wildman–Crippen MR) is 135 cm³/mol. The molecule has 1 aromatic carbocycles. The van der Waals surface area contributed by atoms with Gasteiger partial charge < -0.3 is 19.8 Å². The van der Waals surface area contributed by atoms with Crippen LogP contribution in [0.2, 0.25) is 0 Å². The van der Waals surface area contributed by atoms with Crippen molar-refractivity contribution in [2.75, 3.05) is 13.1 Å². The minimum atomic E-state index is -1.04. The van der Waals surface area contributed by atoms with E-state index in [2.05, 4.69) is 15.5 Å². The number of oxime groups is 1. The summed E-state index contributed by atoms with van der Waals surface area (Å²) in [5.41, 5.74) is 2.30. The van der Waals surface area contributed by atoms with E-state index in [1.54, 1.807) is 12.4 Å². The van der Waals surface area contributed by atoms with Crippen molar-refractivity contribution >= 4 is 17.7 Å². The average Bonchev–Trinajstić information content (AvgIpc) is 3.42. The van der Waals surface area contributed by atoms with Gasteiger partial charge in [0.15, 0.2) is 0 Å². The Morgan fingerprint density at radius 1 is 1.00 bits per heavy atom. The van der Waals surface area contributed by atoms with E-state index in [4.69, 9.17) is 9.57 Å². The number of hydrogen-bond donors (Lipinski definition) is 1. The summed E-state index contributed by atoms with van der Waals surface area (Å²) in [6.45, 7) is 1.68. The smallest absolute Gasteiger partial charge is 0.346 e. The molecule has 1 saturated carbocycles. The lowest BCUT2D eigenvalue weighted by molar-refractivity contribution is -0.148. The van der Waals surface area contributed by atoms with E-state index < -0.39 is 6.29 Å². The molecule has 1 spiro atoms. The number of nitrogens with one attached hydrogen (secondary N) is 1. The molecular formula is C28H34N4O4. The first-order valence-corrected chi connectivity index (χ1v) is 13.0. The highest BCUT2D eigenvalue weighted by atomic mass is 16.8. The number of piperidine rings is 1. The van der Waals surface area contributed by atoms with Crippen LogP contribution in [-0.2, 0) is 25.6 Å². The topological polar surface area (TPSA) is 93.1 Å². The lowest BCUT2D eigenvalue weighted by Gasteiger charge is -2.46. The van der Waals surface area contributed by atoms with Gasteiger partial charge in [-0.3, -0.25) is 14.6 Å². The fraction of sp³-hybridized carbons (Fsp3) is 0.500. The van der Waals surface area contributed by atoms with Gasteiger partial charge in [0.2, 0.25) is 5.91 Å². The third-order valence-electron chi connectivity index (χ3n) is 7.86. The van der Waals surface area contributed by atoms with E-state index in [0.717, 1.165) is 70.0 Å². The van der Waals surface area contributed by atoms with Gasteiger partial charge >= 0.3 is 12.2 Å². The Labute approximate surface area is 212 Å². The van der Waals surface area contributed by atoms with Crippen molar-refractivity contribution in [1.82, 2.24) is 15.2 Å². The lowest BCUT2D eigenvalue weighted by atomic mass is 9.67. The molecule has 1 aliphatic carbocycles. The van der Waals surface area contributed by atoms with E-state index in [0.29, 0.717) is 17.7 Å². The monoisotopic (exact) mass is 490 g/mol. The van der Waals surface area contributed by atoms with Crippen LogP contribution in [0.15, 0.2) is 60.0 Å². The summed E-state index contributed by atoms with van der Waals surface area (Å²) in [5.74, 6) is 0.323. The van der Waals surface area contributed by atoms with Crippen LogP contribution in [0.4, 0.5) is 0 Å². The Balaban J connectivity index is 1.01. The number of hydrogen-bond acceptors (Lipinski definition) is 6. The fourth-order valence-electron chi connectivity index (χ4n) is 5.57. The lowest BCUT2D eigenvalue weighted by Crippen LogP contribution is -2.48. The average molecular weight is 491 g/mol. The highest BCUT2D eigenvalue weighted by molar-refractivity contribution is 5.96. The second kappa shape index (κ2) is 11.1. The molecule has 190 valence electrons. The number of likely N-dealkylation sites (tertiary alicyclic amines) is 1. The molecule has 2 amide bonds. The number of carbonyl (C=O) groups excluding carboxylic acids is 2. The van der Waals surface area contributed by atoms with E-state index >= 15 is 0 Å². The highest BCUT2D eigenvalue weighted by Gasteiger charge is 2.40. The van der Waals surface area contributed by atoms with Crippen molar-refractivity contribution in [2.45, 2.75) is 70.1 Å². The number of benzene rings is 1. The maximum absolute atomic E-state index is 12.7. The second-order valence-electron chi connectivity index (χ2n) is 10.2. The summed E-state index contributed by atoms with van der Waals surface area (Å²) >= 11 is 0. The van der Waals surface area contributed by atoms with E-state index in [1.807, 2.05) is 47.4 Å². The Morgan fingerprint density at radius 2 is 1.72 bits per heavy atom. The van der Waals surface area contributed by atoms with E-state index in [1.165, 1.54) is 5.56 Å². The van der Waals surface area contributed by atoms with E-state index in [-0.39, 0.29) is 17.9 Å². The van der Waals surface area contributed by atoms with Gasteiger partial charge in [0.05, 0.1) is 0 Å². The summed E-state index contributed by atoms with van der Waals surface area (Å²) in [7, 11) is 0. The van der Waals surface area contributed by atoms with Gasteiger partial charge in [-0.15, -0.1) is 0 Å². The Morgan fingerprint density at radius 3 is 2.44 bits per heavy atom. The number of aromatic nitrogens is 1. The molecule has 0 bridgehead atoms. The quantitative estimate of drug-likeness (QED) is 0.637. The first-order chi connectivity index (χ1) is 17.6. The van der Waals surface area contributed by atoms with Crippen molar-refractivity contribution in [1.29, 1.82) is 0 Å². The summed E-state index contributed by atoms with van der Waals surface area (Å²) in [6.07, 6.45) is 11.1. The van der Waals surface area contributed by atoms with Crippen LogP contribution in [0.25, 0.3) is 0 Å². The SMILES string of the molecule is O=C(NC1CCC2(CC1)CCN(C(=O)CCCc1ccncc1)CC2)[C@@H]1ON=C(c2ccccc2)O1. The summed E-state index contributed by atoms with van der Waals surface area (Å²) in [6, 6.07) is 13.6. The van der Waals surface area contributed by atoms with Crippen LogP contribution < -0.4 is 5.32 Å². The summed E-state index contributed by atoms with van der Waals surface area (Å²) in [4.78, 5) is 36.7. The molecule has 8 nitrogen and oxygen atoms in total. The molecular weight excluding hydrogens is 456 g/mol. The zero-order chi connectivity index (χ0) is 24.8. The third kappa shape index (κ3) is 5.86. The normalized spacial score (nSPS) is 21.4. The van der Waals surface area contributed by atoms with Crippen LogP contribution in [0.3, 0.4) is 0 Å². The number of rotatable bonds is 7. The second-order valence-corrected chi connectivity index (χ2v) is 10.2. The van der Waals surface area contributed by atoms with Crippen LogP contribution >= 0.6 is 0 Å². The van der Waals surface area contributed by atoms with Crippen molar-refractivity contribution in [3.8, 4) is 0 Å². The molecule has 3 aliphatic rings. The largest absolute Gasteiger partial charge is 0.424 e. The van der Waals surface area contributed by atoms with Crippen LogP contribution in [0.5, 0.6) is 0 Å². The van der Waals surface area contributed by atoms with Crippen LogP contribution in [-0.4, -0.2) is 53.0 Å². The Kier molecular flexibility index (Phi) is 7.49. The first-order valence-electron chi connectivity index (χ1n) is 13.0. The molecule has 1 aromatic heterocycles. The number of pyridine rings is 1. The maximum atomic E-state index is 12.7. The molecule has 5 rings (SSSR count). The van der Waals surface area contributed by atoms with E-state index in [9.17, 15) is 9.59 Å². The number of aryl methyl sites for hydroxylation is 1. The Hall–Kier alpha value is -3.42. The molecule has 1 saturated heterocycles. The molecule has 3 heterocycles. The van der Waals surface area contributed by atoms with Crippen molar-refractivity contribution < 1.29 is 19.2 Å². The molecule has 0 unspecified atom stereocenters. The fourth-order valence-corrected chi connectivity index (χ4v) is 5.57. The third-order valence-corrected chi connectivity index (χ3v) is 7.86. The first kappa shape index (κ1) is 24.3. The maximum Gasteiger partial charge on any atom is 0.346 e. The molecule has 2 fully saturated rings. The van der Waals surface area contributed by atoms with Crippen LogP contribution in [0.1, 0.15) is 62.5 Å². The molecule has 0 radical (unpaired) electrons.